The van der Waals surface area contributed by atoms with Crippen molar-refractivity contribution in [2.45, 2.75) is 65.2 Å². The van der Waals surface area contributed by atoms with E-state index < -0.39 is 0 Å². The number of nitrogens with one attached hydrogen (secondary N) is 3. The molecule has 5 heteroatoms. The SMILES string of the molecule is CC1CCC(C(=O)Nc2ccc3[nH]c(-c4ccc(NC(=O)C5CCCCC5C)cc4)cc3c2)CC1. The van der Waals surface area contributed by atoms with E-state index in [-0.39, 0.29) is 23.7 Å². The average Bonchev–Trinajstić information content (AvgIpc) is 3.28. The number of aromatic nitrogens is 1. The molecule has 184 valence electrons. The van der Waals surface area contributed by atoms with Crippen LogP contribution in [0.5, 0.6) is 0 Å². The number of carbonyl (C=O) groups is 2. The number of carbonyl (C=O) groups excluding carboxylic acids is 2. The average molecular weight is 472 g/mol. The van der Waals surface area contributed by atoms with Crippen molar-refractivity contribution >= 4 is 34.1 Å². The zero-order chi connectivity index (χ0) is 24.4. The smallest absolute Gasteiger partial charge is 0.227 e. The Morgan fingerprint density at radius 3 is 2.20 bits per heavy atom. The van der Waals surface area contributed by atoms with Gasteiger partial charge in [0.05, 0.1) is 0 Å². The van der Waals surface area contributed by atoms with Crippen molar-refractivity contribution in [3.63, 3.8) is 0 Å². The highest BCUT2D eigenvalue weighted by Crippen LogP contribution is 2.32. The molecule has 5 nitrogen and oxygen atoms in total. The molecule has 3 aromatic rings. The van der Waals surface area contributed by atoms with Gasteiger partial charge in [0.2, 0.25) is 11.8 Å². The van der Waals surface area contributed by atoms with Crippen molar-refractivity contribution in [1.82, 2.24) is 4.98 Å². The van der Waals surface area contributed by atoms with Crippen LogP contribution in [0.25, 0.3) is 22.2 Å². The van der Waals surface area contributed by atoms with E-state index in [2.05, 4.69) is 35.5 Å². The molecule has 0 saturated heterocycles. The number of amides is 2. The highest BCUT2D eigenvalue weighted by atomic mass is 16.2. The predicted molar refractivity (Wildman–Crippen MR) is 143 cm³/mol. The number of hydrogen-bond donors (Lipinski definition) is 3. The minimum Gasteiger partial charge on any atom is -0.355 e. The number of fused-ring (bicyclic) bond motifs is 1. The number of benzene rings is 2. The molecule has 2 aromatic carbocycles. The van der Waals surface area contributed by atoms with Crippen LogP contribution in [0.4, 0.5) is 11.4 Å². The Balaban J connectivity index is 1.24. The molecule has 2 aliphatic carbocycles. The number of rotatable bonds is 5. The maximum atomic E-state index is 12.7. The lowest BCUT2D eigenvalue weighted by atomic mass is 9.80. The highest BCUT2D eigenvalue weighted by molar-refractivity contribution is 5.96. The maximum absolute atomic E-state index is 12.7. The molecule has 5 rings (SSSR count). The van der Waals surface area contributed by atoms with E-state index in [0.29, 0.717) is 5.92 Å². The molecule has 2 aliphatic rings. The van der Waals surface area contributed by atoms with Gasteiger partial charge < -0.3 is 15.6 Å². The standard InChI is InChI=1S/C30H37N3O2/c1-19-7-9-22(10-8-19)29(34)32-25-15-16-27-23(17-25)18-28(33-27)21-11-13-24(14-12-21)31-30(35)26-6-4-3-5-20(26)2/h11-20,22,26,33H,3-10H2,1-2H3,(H,31,35)(H,32,34). The van der Waals surface area contributed by atoms with Gasteiger partial charge in [-0.05, 0) is 92.3 Å². The van der Waals surface area contributed by atoms with E-state index in [4.69, 9.17) is 0 Å². The van der Waals surface area contributed by atoms with Gasteiger partial charge in [-0.15, -0.1) is 0 Å². The van der Waals surface area contributed by atoms with E-state index in [0.717, 1.165) is 84.4 Å². The maximum Gasteiger partial charge on any atom is 0.227 e. The summed E-state index contributed by atoms with van der Waals surface area (Å²) in [6.07, 6.45) is 8.76. The predicted octanol–water partition coefficient (Wildman–Crippen LogP) is 7.36. The first-order valence-corrected chi connectivity index (χ1v) is 13.3. The van der Waals surface area contributed by atoms with Gasteiger partial charge in [-0.2, -0.15) is 0 Å². The Kier molecular flexibility index (Phi) is 6.94. The molecule has 3 N–H and O–H groups in total. The van der Waals surface area contributed by atoms with Crippen LogP contribution >= 0.6 is 0 Å². The molecular formula is C30H37N3O2. The molecule has 0 bridgehead atoms. The zero-order valence-electron chi connectivity index (χ0n) is 20.9. The second-order valence-corrected chi connectivity index (χ2v) is 10.9. The summed E-state index contributed by atoms with van der Waals surface area (Å²) in [5, 5.41) is 7.31. The van der Waals surface area contributed by atoms with Gasteiger partial charge in [-0.1, -0.05) is 38.8 Å². The normalized spacial score (nSPS) is 24.7. The van der Waals surface area contributed by atoms with Gasteiger partial charge in [-0.25, -0.2) is 0 Å². The van der Waals surface area contributed by atoms with E-state index in [1.807, 2.05) is 42.5 Å². The van der Waals surface area contributed by atoms with Crippen molar-refractivity contribution in [3.8, 4) is 11.3 Å². The first-order valence-electron chi connectivity index (χ1n) is 13.3. The third kappa shape index (κ3) is 5.44. The fraction of sp³-hybridized carbons (Fsp3) is 0.467. The Morgan fingerprint density at radius 2 is 1.46 bits per heavy atom. The molecule has 1 heterocycles. The Labute approximate surface area is 208 Å². The summed E-state index contributed by atoms with van der Waals surface area (Å²) in [5.74, 6) is 1.73. The molecule has 35 heavy (non-hydrogen) atoms. The van der Waals surface area contributed by atoms with Crippen molar-refractivity contribution in [3.05, 3.63) is 48.5 Å². The number of H-pyrrole nitrogens is 1. The third-order valence-electron chi connectivity index (χ3n) is 8.19. The topological polar surface area (TPSA) is 74.0 Å². The van der Waals surface area contributed by atoms with Crippen molar-refractivity contribution < 1.29 is 9.59 Å². The molecule has 2 atom stereocenters. The van der Waals surface area contributed by atoms with E-state index in [1.54, 1.807) is 0 Å². The van der Waals surface area contributed by atoms with Crippen LogP contribution in [0.15, 0.2) is 48.5 Å². The summed E-state index contributed by atoms with van der Waals surface area (Å²) < 4.78 is 0. The van der Waals surface area contributed by atoms with Crippen LogP contribution in [0.3, 0.4) is 0 Å². The van der Waals surface area contributed by atoms with E-state index in [9.17, 15) is 9.59 Å². The number of hydrogen-bond acceptors (Lipinski definition) is 2. The Hall–Kier alpha value is -3.08. The molecule has 2 unspecified atom stereocenters. The Morgan fingerprint density at radius 1 is 0.771 bits per heavy atom. The second-order valence-electron chi connectivity index (χ2n) is 10.9. The number of aromatic amines is 1. The van der Waals surface area contributed by atoms with Crippen LogP contribution in [0.2, 0.25) is 0 Å². The van der Waals surface area contributed by atoms with Crippen LogP contribution in [0, 0.1) is 23.7 Å². The minimum absolute atomic E-state index is 0.119. The lowest BCUT2D eigenvalue weighted by Crippen LogP contribution is -2.30. The fourth-order valence-corrected chi connectivity index (χ4v) is 5.81. The van der Waals surface area contributed by atoms with Gasteiger partial charge >= 0.3 is 0 Å². The first-order chi connectivity index (χ1) is 17.0. The molecule has 0 spiro atoms. The molecule has 0 radical (unpaired) electrons. The van der Waals surface area contributed by atoms with E-state index >= 15 is 0 Å². The molecule has 2 amide bonds. The van der Waals surface area contributed by atoms with Gasteiger partial charge in [0.25, 0.3) is 0 Å². The monoisotopic (exact) mass is 471 g/mol. The zero-order valence-corrected chi connectivity index (χ0v) is 20.9. The van der Waals surface area contributed by atoms with Crippen LogP contribution in [-0.4, -0.2) is 16.8 Å². The lowest BCUT2D eigenvalue weighted by molar-refractivity contribution is -0.122. The first kappa shape index (κ1) is 23.7. The molecule has 2 saturated carbocycles. The van der Waals surface area contributed by atoms with Gasteiger partial charge in [0.1, 0.15) is 0 Å². The summed E-state index contributed by atoms with van der Waals surface area (Å²) in [6, 6.07) is 16.2. The van der Waals surface area contributed by atoms with Gasteiger partial charge in [0, 0.05) is 39.8 Å². The highest BCUT2D eigenvalue weighted by Gasteiger charge is 2.28. The third-order valence-corrected chi connectivity index (χ3v) is 8.19. The quantitative estimate of drug-likeness (QED) is 0.363. The van der Waals surface area contributed by atoms with Gasteiger partial charge in [0.15, 0.2) is 0 Å². The van der Waals surface area contributed by atoms with Crippen molar-refractivity contribution in [2.24, 2.45) is 23.7 Å². The van der Waals surface area contributed by atoms with Crippen molar-refractivity contribution in [2.75, 3.05) is 10.6 Å². The largest absolute Gasteiger partial charge is 0.355 e. The fourth-order valence-electron chi connectivity index (χ4n) is 5.81. The van der Waals surface area contributed by atoms with Crippen LogP contribution < -0.4 is 10.6 Å². The summed E-state index contributed by atoms with van der Waals surface area (Å²) >= 11 is 0. The molecule has 1 aromatic heterocycles. The molecule has 0 aliphatic heterocycles. The summed E-state index contributed by atoms with van der Waals surface area (Å²) in [4.78, 5) is 28.9. The Bertz CT molecular complexity index is 1190. The van der Waals surface area contributed by atoms with Gasteiger partial charge in [-0.3, -0.25) is 9.59 Å². The number of anilines is 2. The molecular weight excluding hydrogens is 434 g/mol. The summed E-state index contributed by atoms with van der Waals surface area (Å²) in [6.45, 7) is 4.46. The van der Waals surface area contributed by atoms with Crippen molar-refractivity contribution in [1.29, 1.82) is 0 Å². The van der Waals surface area contributed by atoms with Crippen LogP contribution in [0.1, 0.15) is 65.2 Å². The summed E-state index contributed by atoms with van der Waals surface area (Å²) in [5.41, 5.74) is 4.81. The minimum atomic E-state index is 0.119. The molecule has 2 fully saturated rings. The second kappa shape index (κ2) is 10.3. The lowest BCUT2D eigenvalue weighted by Gasteiger charge is -2.27. The summed E-state index contributed by atoms with van der Waals surface area (Å²) in [7, 11) is 0. The van der Waals surface area contributed by atoms with Crippen LogP contribution in [-0.2, 0) is 9.59 Å². The van der Waals surface area contributed by atoms with E-state index in [1.165, 1.54) is 6.42 Å².